The van der Waals surface area contributed by atoms with Gasteiger partial charge in [-0.1, -0.05) is 0 Å². The van der Waals surface area contributed by atoms with Gasteiger partial charge in [-0.2, -0.15) is 0 Å². The monoisotopic (exact) mass is 277 g/mol. The second kappa shape index (κ2) is 7.04. The largest absolute Gasteiger partial charge is 0.493 e. The molecule has 106 valence electrons. The van der Waals surface area contributed by atoms with Crippen LogP contribution in [-0.4, -0.2) is 37.2 Å². The Labute approximate surface area is 116 Å². The molecule has 0 bridgehead atoms. The summed E-state index contributed by atoms with van der Waals surface area (Å²) in [6.07, 6.45) is 4.98. The highest BCUT2D eigenvalue weighted by atomic mass is 16.5. The van der Waals surface area contributed by atoms with Crippen molar-refractivity contribution < 1.29 is 24.2 Å². The number of methoxy groups -OCH3 is 2. The third-order valence-corrected chi connectivity index (χ3v) is 2.57. The van der Waals surface area contributed by atoms with Crippen LogP contribution in [0.2, 0.25) is 0 Å². The quantitative estimate of drug-likeness (QED) is 0.755. The number of hydrogen-bond donors (Lipinski definition) is 2. The van der Waals surface area contributed by atoms with Crippen molar-refractivity contribution in [3.05, 3.63) is 23.8 Å². The minimum Gasteiger partial charge on any atom is -0.493 e. The number of carbonyl (C=O) groups is 2. The molecule has 20 heavy (non-hydrogen) atoms. The molecule has 0 spiro atoms. The van der Waals surface area contributed by atoms with E-state index >= 15 is 0 Å². The fourth-order valence-corrected chi connectivity index (χ4v) is 1.54. The van der Waals surface area contributed by atoms with E-state index in [-0.39, 0.29) is 12.0 Å². The van der Waals surface area contributed by atoms with Gasteiger partial charge in [0.25, 0.3) is 5.91 Å². The molecule has 0 heterocycles. The van der Waals surface area contributed by atoms with Crippen LogP contribution in [0, 0.1) is 12.3 Å². The van der Waals surface area contributed by atoms with Crippen molar-refractivity contribution in [2.24, 2.45) is 0 Å². The normalized spacial score (nSPS) is 11.1. The number of rotatable bonds is 6. The summed E-state index contributed by atoms with van der Waals surface area (Å²) in [5.41, 5.74) is 0.255. The van der Waals surface area contributed by atoms with Crippen LogP contribution in [0.4, 0.5) is 0 Å². The predicted molar refractivity (Wildman–Crippen MR) is 71.9 cm³/mol. The lowest BCUT2D eigenvalue weighted by molar-refractivity contribution is -0.139. The van der Waals surface area contributed by atoms with Crippen molar-refractivity contribution in [3.63, 3.8) is 0 Å². The van der Waals surface area contributed by atoms with Crippen LogP contribution >= 0.6 is 0 Å². The molecular formula is C14H15NO5. The summed E-state index contributed by atoms with van der Waals surface area (Å²) >= 11 is 0. The second-order valence-corrected chi connectivity index (χ2v) is 3.84. The Morgan fingerprint density at radius 3 is 2.50 bits per heavy atom. The highest BCUT2D eigenvalue weighted by Gasteiger charge is 2.20. The molecule has 0 fully saturated rings. The number of benzene rings is 1. The van der Waals surface area contributed by atoms with Crippen LogP contribution in [0.1, 0.15) is 16.8 Å². The zero-order chi connectivity index (χ0) is 15.1. The van der Waals surface area contributed by atoms with Crippen molar-refractivity contribution in [3.8, 4) is 23.8 Å². The van der Waals surface area contributed by atoms with Crippen molar-refractivity contribution in [2.45, 2.75) is 12.5 Å². The van der Waals surface area contributed by atoms with Crippen LogP contribution in [0.25, 0.3) is 0 Å². The number of terminal acetylenes is 1. The van der Waals surface area contributed by atoms with Gasteiger partial charge in [0.2, 0.25) is 0 Å². The lowest BCUT2D eigenvalue weighted by Crippen LogP contribution is -2.40. The van der Waals surface area contributed by atoms with Crippen molar-refractivity contribution in [1.82, 2.24) is 5.32 Å². The molecule has 0 aliphatic heterocycles. The van der Waals surface area contributed by atoms with E-state index in [1.165, 1.54) is 26.4 Å². The number of carboxylic acid groups (broad SMARTS) is 1. The molecule has 6 nitrogen and oxygen atoms in total. The van der Waals surface area contributed by atoms with E-state index in [1.807, 2.05) is 0 Å². The van der Waals surface area contributed by atoms with Crippen LogP contribution in [0.5, 0.6) is 11.5 Å². The summed E-state index contributed by atoms with van der Waals surface area (Å²) in [5, 5.41) is 11.3. The van der Waals surface area contributed by atoms with Crippen LogP contribution in [-0.2, 0) is 4.79 Å². The maximum absolute atomic E-state index is 12.0. The van der Waals surface area contributed by atoms with Crippen molar-refractivity contribution in [2.75, 3.05) is 14.2 Å². The number of ether oxygens (including phenoxy) is 2. The molecule has 1 rings (SSSR count). The summed E-state index contributed by atoms with van der Waals surface area (Å²) in [7, 11) is 2.92. The van der Waals surface area contributed by atoms with Gasteiger partial charge in [-0.05, 0) is 18.2 Å². The molecule has 1 aromatic carbocycles. The van der Waals surface area contributed by atoms with E-state index < -0.39 is 17.9 Å². The van der Waals surface area contributed by atoms with E-state index in [1.54, 1.807) is 6.07 Å². The number of hydrogen-bond acceptors (Lipinski definition) is 4. The maximum Gasteiger partial charge on any atom is 0.327 e. The second-order valence-electron chi connectivity index (χ2n) is 3.84. The zero-order valence-corrected chi connectivity index (χ0v) is 11.2. The average Bonchev–Trinajstić information content (AvgIpc) is 2.45. The molecule has 0 radical (unpaired) electrons. The van der Waals surface area contributed by atoms with E-state index in [9.17, 15) is 9.59 Å². The molecule has 0 aliphatic rings. The van der Waals surface area contributed by atoms with Crippen LogP contribution in [0.15, 0.2) is 18.2 Å². The van der Waals surface area contributed by atoms with Crippen LogP contribution in [0.3, 0.4) is 0 Å². The van der Waals surface area contributed by atoms with Crippen molar-refractivity contribution >= 4 is 11.9 Å². The number of carboxylic acids is 1. The molecule has 1 unspecified atom stereocenters. The number of nitrogens with one attached hydrogen (secondary N) is 1. The molecule has 1 aromatic rings. The molecule has 1 atom stereocenters. The fourth-order valence-electron chi connectivity index (χ4n) is 1.54. The Bertz CT molecular complexity index is 547. The SMILES string of the molecule is C#CCC(NC(=O)c1ccc(OC)c(OC)c1)C(=O)O. The van der Waals surface area contributed by atoms with Crippen molar-refractivity contribution in [1.29, 1.82) is 0 Å². The molecule has 6 heteroatoms. The van der Waals surface area contributed by atoms with Gasteiger partial charge in [0.05, 0.1) is 14.2 Å². The summed E-state index contributed by atoms with van der Waals surface area (Å²) in [6, 6.07) is 3.40. The summed E-state index contributed by atoms with van der Waals surface area (Å²) in [6.45, 7) is 0. The minimum atomic E-state index is -1.18. The van der Waals surface area contributed by atoms with Gasteiger partial charge in [-0.3, -0.25) is 4.79 Å². The number of aliphatic carboxylic acids is 1. The lowest BCUT2D eigenvalue weighted by Gasteiger charge is -2.13. The first-order valence-corrected chi connectivity index (χ1v) is 5.72. The molecule has 2 N–H and O–H groups in total. The molecule has 0 aliphatic carbocycles. The topological polar surface area (TPSA) is 84.9 Å². The van der Waals surface area contributed by atoms with E-state index in [4.69, 9.17) is 21.0 Å². The first-order chi connectivity index (χ1) is 9.53. The Balaban J connectivity index is 2.92. The summed E-state index contributed by atoms with van der Waals surface area (Å²) in [4.78, 5) is 22.9. The van der Waals surface area contributed by atoms with E-state index in [0.717, 1.165) is 0 Å². The first kappa shape index (κ1) is 15.4. The third-order valence-electron chi connectivity index (χ3n) is 2.57. The third kappa shape index (κ3) is 3.65. The Morgan fingerprint density at radius 1 is 1.35 bits per heavy atom. The Hall–Kier alpha value is -2.68. The van der Waals surface area contributed by atoms with Gasteiger partial charge < -0.3 is 19.9 Å². The average molecular weight is 277 g/mol. The Kier molecular flexibility index (Phi) is 5.42. The molecular weight excluding hydrogens is 262 g/mol. The lowest BCUT2D eigenvalue weighted by atomic mass is 10.1. The zero-order valence-electron chi connectivity index (χ0n) is 11.2. The molecule has 0 saturated heterocycles. The minimum absolute atomic E-state index is 0.0889. The highest BCUT2D eigenvalue weighted by Crippen LogP contribution is 2.27. The molecule has 1 amide bonds. The van der Waals surface area contributed by atoms with Gasteiger partial charge >= 0.3 is 5.97 Å². The number of amides is 1. The smallest absolute Gasteiger partial charge is 0.327 e. The van der Waals surface area contributed by atoms with Gasteiger partial charge in [0.1, 0.15) is 6.04 Å². The van der Waals surface area contributed by atoms with Crippen LogP contribution < -0.4 is 14.8 Å². The summed E-state index contributed by atoms with van der Waals surface area (Å²) in [5.74, 6) is 1.33. The summed E-state index contributed by atoms with van der Waals surface area (Å²) < 4.78 is 10.1. The van der Waals surface area contributed by atoms with Gasteiger partial charge in [0.15, 0.2) is 11.5 Å². The van der Waals surface area contributed by atoms with Gasteiger partial charge in [-0.25, -0.2) is 4.79 Å². The standard InChI is InChI=1S/C14H15NO5/c1-4-5-10(14(17)18)15-13(16)9-6-7-11(19-2)12(8-9)20-3/h1,6-8,10H,5H2,2-3H3,(H,15,16)(H,17,18). The van der Waals surface area contributed by atoms with E-state index in [0.29, 0.717) is 11.5 Å². The molecule has 0 saturated carbocycles. The Morgan fingerprint density at radius 2 is 2.00 bits per heavy atom. The van der Waals surface area contributed by atoms with Gasteiger partial charge in [-0.15, -0.1) is 12.3 Å². The fraction of sp³-hybridized carbons (Fsp3) is 0.286. The number of carbonyl (C=O) groups excluding carboxylic acids is 1. The predicted octanol–water partition coefficient (Wildman–Crippen LogP) is 0.910. The maximum atomic E-state index is 12.0. The highest BCUT2D eigenvalue weighted by molar-refractivity contribution is 5.97. The first-order valence-electron chi connectivity index (χ1n) is 5.72. The van der Waals surface area contributed by atoms with Gasteiger partial charge in [0, 0.05) is 12.0 Å². The molecule has 0 aromatic heterocycles. The van der Waals surface area contributed by atoms with E-state index in [2.05, 4.69) is 11.2 Å².